The van der Waals surface area contributed by atoms with E-state index < -0.39 is 0 Å². The first-order valence-corrected chi connectivity index (χ1v) is 9.78. The van der Waals surface area contributed by atoms with Crippen molar-refractivity contribution in [2.75, 3.05) is 0 Å². The summed E-state index contributed by atoms with van der Waals surface area (Å²) in [7, 11) is 0. The van der Waals surface area contributed by atoms with Gasteiger partial charge in [0.1, 0.15) is 11.6 Å². The highest BCUT2D eigenvalue weighted by Gasteiger charge is 2.37. The van der Waals surface area contributed by atoms with Gasteiger partial charge in [-0.05, 0) is 56.9 Å². The predicted octanol–water partition coefficient (Wildman–Crippen LogP) is 4.53. The number of thioether (sulfide) groups is 1. The summed E-state index contributed by atoms with van der Waals surface area (Å²) in [4.78, 5) is 0. The molecule has 26 heavy (non-hydrogen) atoms. The van der Waals surface area contributed by atoms with E-state index in [1.165, 1.54) is 37.8 Å². The van der Waals surface area contributed by atoms with Crippen LogP contribution in [0.3, 0.4) is 0 Å². The molecule has 0 N–H and O–H groups in total. The van der Waals surface area contributed by atoms with E-state index in [0.29, 0.717) is 29.3 Å². The van der Waals surface area contributed by atoms with Crippen molar-refractivity contribution >= 4 is 11.8 Å². The lowest BCUT2D eigenvalue weighted by molar-refractivity contribution is 0.508. The second-order valence-electron chi connectivity index (χ2n) is 6.93. The van der Waals surface area contributed by atoms with Crippen LogP contribution in [-0.2, 0) is 0 Å². The molecular formula is C18H18FN5OS. The minimum Gasteiger partial charge on any atom is -0.419 e. The van der Waals surface area contributed by atoms with Crippen LogP contribution in [0.1, 0.15) is 61.5 Å². The summed E-state index contributed by atoms with van der Waals surface area (Å²) in [6.45, 7) is 2.02. The molecular weight excluding hydrogens is 353 g/mol. The molecule has 0 unspecified atom stereocenters. The summed E-state index contributed by atoms with van der Waals surface area (Å²) < 4.78 is 21.2. The summed E-state index contributed by atoms with van der Waals surface area (Å²) >= 11 is 1.60. The quantitative estimate of drug-likeness (QED) is 0.593. The van der Waals surface area contributed by atoms with Crippen LogP contribution >= 0.6 is 11.8 Å². The molecule has 0 bridgehead atoms. The minimum atomic E-state index is -0.289. The van der Waals surface area contributed by atoms with Gasteiger partial charge in [0.25, 0.3) is 0 Å². The maximum Gasteiger partial charge on any atom is 0.247 e. The number of halogens is 1. The molecule has 0 saturated heterocycles. The van der Waals surface area contributed by atoms with E-state index in [1.807, 2.05) is 6.92 Å². The lowest BCUT2D eigenvalue weighted by Gasteiger charge is -2.10. The van der Waals surface area contributed by atoms with Gasteiger partial charge in [-0.15, -0.1) is 20.4 Å². The minimum absolute atomic E-state index is 0.0366. The second-order valence-corrected chi connectivity index (χ2v) is 8.24. The zero-order valence-electron chi connectivity index (χ0n) is 14.3. The summed E-state index contributed by atoms with van der Waals surface area (Å²) in [6.07, 6.45) is 4.84. The Kier molecular flexibility index (Phi) is 3.81. The molecule has 5 rings (SSSR count). The molecule has 0 radical (unpaired) electrons. The topological polar surface area (TPSA) is 69.6 Å². The van der Waals surface area contributed by atoms with Gasteiger partial charge in [0, 0.05) is 17.5 Å². The summed E-state index contributed by atoms with van der Waals surface area (Å²) in [5, 5.41) is 18.0. The Balaban J connectivity index is 1.36. The van der Waals surface area contributed by atoms with Gasteiger partial charge in [0.15, 0.2) is 5.16 Å². The molecule has 2 aliphatic rings. The molecule has 2 saturated carbocycles. The van der Waals surface area contributed by atoms with Gasteiger partial charge in [-0.1, -0.05) is 11.8 Å². The average molecular weight is 371 g/mol. The summed E-state index contributed by atoms with van der Waals surface area (Å²) in [5.41, 5.74) is 0.708. The molecule has 2 aliphatic carbocycles. The van der Waals surface area contributed by atoms with Crippen LogP contribution in [0, 0.1) is 5.82 Å². The van der Waals surface area contributed by atoms with E-state index in [-0.39, 0.29) is 11.1 Å². The van der Waals surface area contributed by atoms with Crippen molar-refractivity contribution in [2.45, 2.75) is 55.0 Å². The first kappa shape index (κ1) is 16.0. The summed E-state index contributed by atoms with van der Waals surface area (Å²) in [6, 6.07) is 6.59. The van der Waals surface area contributed by atoms with Crippen molar-refractivity contribution in [1.82, 2.24) is 25.0 Å². The lowest BCUT2D eigenvalue weighted by Crippen LogP contribution is -2.02. The van der Waals surface area contributed by atoms with Gasteiger partial charge in [-0.2, -0.15) is 0 Å². The monoisotopic (exact) mass is 371 g/mol. The molecule has 6 nitrogen and oxygen atoms in total. The van der Waals surface area contributed by atoms with E-state index in [9.17, 15) is 4.39 Å². The molecule has 8 heteroatoms. The third-order valence-electron chi connectivity index (χ3n) is 4.71. The number of hydrogen-bond donors (Lipinski definition) is 0. The molecule has 2 fully saturated rings. The van der Waals surface area contributed by atoms with Gasteiger partial charge in [-0.25, -0.2) is 4.39 Å². The van der Waals surface area contributed by atoms with Gasteiger partial charge in [0.05, 0.1) is 5.25 Å². The molecule has 2 heterocycles. The fraction of sp³-hybridized carbons (Fsp3) is 0.444. The molecule has 0 aliphatic heterocycles. The van der Waals surface area contributed by atoms with Gasteiger partial charge in [0.2, 0.25) is 11.8 Å². The Morgan fingerprint density at radius 2 is 1.85 bits per heavy atom. The number of nitrogens with zero attached hydrogens (tertiary/aromatic N) is 5. The number of benzene rings is 1. The SMILES string of the molecule is C[C@@H](Sc1nnc(C2CC2)n1C1CC1)c1nnc(-c2ccc(F)cc2)o1. The molecule has 2 aromatic heterocycles. The highest BCUT2D eigenvalue weighted by molar-refractivity contribution is 7.99. The van der Waals surface area contributed by atoms with Gasteiger partial charge in [-0.3, -0.25) is 0 Å². The first-order chi connectivity index (χ1) is 12.7. The Morgan fingerprint density at radius 3 is 2.54 bits per heavy atom. The van der Waals surface area contributed by atoms with Crippen LogP contribution in [0.15, 0.2) is 33.8 Å². The van der Waals surface area contributed by atoms with E-state index >= 15 is 0 Å². The van der Waals surface area contributed by atoms with Crippen molar-refractivity contribution in [3.8, 4) is 11.5 Å². The highest BCUT2D eigenvalue weighted by atomic mass is 32.2. The normalized spacial score (nSPS) is 18.2. The smallest absolute Gasteiger partial charge is 0.247 e. The van der Waals surface area contributed by atoms with E-state index in [2.05, 4.69) is 25.0 Å². The number of hydrogen-bond acceptors (Lipinski definition) is 6. The zero-order chi connectivity index (χ0) is 17.7. The van der Waals surface area contributed by atoms with Gasteiger partial charge >= 0.3 is 0 Å². The third-order valence-corrected chi connectivity index (χ3v) is 5.75. The van der Waals surface area contributed by atoms with Crippen LogP contribution in [-0.4, -0.2) is 25.0 Å². The average Bonchev–Trinajstić information content (AvgIpc) is 3.57. The molecule has 0 spiro atoms. The number of aromatic nitrogens is 5. The third kappa shape index (κ3) is 3.02. The Hall–Kier alpha value is -2.22. The Labute approximate surface area is 154 Å². The second kappa shape index (κ2) is 6.19. The fourth-order valence-corrected chi connectivity index (χ4v) is 3.94. The largest absolute Gasteiger partial charge is 0.419 e. The predicted molar refractivity (Wildman–Crippen MR) is 94.2 cm³/mol. The van der Waals surface area contributed by atoms with Crippen molar-refractivity contribution in [3.05, 3.63) is 41.8 Å². The van der Waals surface area contributed by atoms with Crippen LogP contribution < -0.4 is 0 Å². The van der Waals surface area contributed by atoms with Crippen molar-refractivity contribution < 1.29 is 8.81 Å². The standard InChI is InChI=1S/C18H18FN5OS/c1-10(16-21-22-17(25-16)12-4-6-13(19)7-5-12)26-18-23-20-15(11-2-3-11)24(18)14-8-9-14/h4-7,10-11,14H,2-3,8-9H2,1H3/t10-/m1/s1. The molecule has 1 aromatic carbocycles. The van der Waals surface area contributed by atoms with E-state index in [1.54, 1.807) is 23.9 Å². The van der Waals surface area contributed by atoms with E-state index in [4.69, 9.17) is 4.42 Å². The van der Waals surface area contributed by atoms with E-state index in [0.717, 1.165) is 11.0 Å². The van der Waals surface area contributed by atoms with Crippen LogP contribution in [0.2, 0.25) is 0 Å². The zero-order valence-corrected chi connectivity index (χ0v) is 15.1. The van der Waals surface area contributed by atoms with Gasteiger partial charge < -0.3 is 8.98 Å². The molecule has 0 amide bonds. The number of rotatable bonds is 6. The maximum atomic E-state index is 13.1. The molecule has 1 atom stereocenters. The van der Waals surface area contributed by atoms with Crippen LogP contribution in [0.5, 0.6) is 0 Å². The van der Waals surface area contributed by atoms with Crippen LogP contribution in [0.4, 0.5) is 4.39 Å². The Morgan fingerprint density at radius 1 is 1.08 bits per heavy atom. The van der Waals surface area contributed by atoms with Crippen molar-refractivity contribution in [3.63, 3.8) is 0 Å². The Bertz CT molecular complexity index is 929. The van der Waals surface area contributed by atoms with Crippen molar-refractivity contribution in [1.29, 1.82) is 0 Å². The lowest BCUT2D eigenvalue weighted by atomic mass is 10.2. The summed E-state index contributed by atoms with van der Waals surface area (Å²) in [5.74, 6) is 2.37. The first-order valence-electron chi connectivity index (χ1n) is 8.90. The molecule has 134 valence electrons. The molecule has 3 aromatic rings. The highest BCUT2D eigenvalue weighted by Crippen LogP contribution is 2.47. The maximum absolute atomic E-state index is 13.1. The fourth-order valence-electron chi connectivity index (χ4n) is 2.98. The van der Waals surface area contributed by atoms with Crippen LogP contribution in [0.25, 0.3) is 11.5 Å². The van der Waals surface area contributed by atoms with Crippen molar-refractivity contribution in [2.24, 2.45) is 0 Å².